The fourth-order valence-electron chi connectivity index (χ4n) is 12.0. The molecule has 0 saturated carbocycles. The molecule has 0 saturated heterocycles. The second-order valence-electron chi connectivity index (χ2n) is 21.1. The van der Waals surface area contributed by atoms with Crippen LogP contribution in [0.15, 0.2) is 97.1 Å². The SMILES string of the molecule is COc1cccc2c1CC(Cc1ccc3c(c1)[C@H](NC(=O)[C@@H](N)Cc1c(C)cc(O)cc1C)CCN3)C2.Cc1cc(O)cc(C)c1C[C@H](N)C(=O)N[C@@H]1CCNc2ccc(CC3Cc4cccc(O)c4C3)cc21. The highest BCUT2D eigenvalue weighted by molar-refractivity contribution is 5.83. The van der Waals surface area contributed by atoms with Gasteiger partial charge in [-0.2, -0.15) is 0 Å². The Labute approximate surface area is 430 Å². The molecule has 0 radical (unpaired) electrons. The van der Waals surface area contributed by atoms with Crippen LogP contribution in [0.4, 0.5) is 11.4 Å². The van der Waals surface area contributed by atoms with Gasteiger partial charge in [-0.15, -0.1) is 0 Å². The lowest BCUT2D eigenvalue weighted by molar-refractivity contribution is -0.123. The number of hydrogen-bond acceptors (Lipinski definition) is 10. The number of nitrogens with one attached hydrogen (secondary N) is 4. The summed E-state index contributed by atoms with van der Waals surface area (Å²) in [5, 5.41) is 43.2. The van der Waals surface area contributed by atoms with E-state index in [1.807, 2.05) is 39.8 Å². The van der Waals surface area contributed by atoms with Gasteiger partial charge in [0.25, 0.3) is 0 Å². The molecule has 4 aliphatic rings. The van der Waals surface area contributed by atoms with Crippen LogP contribution in [0.2, 0.25) is 0 Å². The van der Waals surface area contributed by atoms with Gasteiger partial charge in [-0.1, -0.05) is 48.5 Å². The number of aromatic hydroxyl groups is 3. The first-order valence-electron chi connectivity index (χ1n) is 26.0. The van der Waals surface area contributed by atoms with Crippen LogP contribution in [-0.4, -0.2) is 59.4 Å². The summed E-state index contributed by atoms with van der Waals surface area (Å²) >= 11 is 0. The third-order valence-corrected chi connectivity index (χ3v) is 15.7. The van der Waals surface area contributed by atoms with Crippen LogP contribution < -0.4 is 37.5 Å². The number of aryl methyl sites for hydroxylation is 4. The van der Waals surface area contributed by atoms with Gasteiger partial charge in [-0.25, -0.2) is 0 Å². The molecule has 10 rings (SSSR count). The second-order valence-corrected chi connectivity index (χ2v) is 21.1. The van der Waals surface area contributed by atoms with E-state index in [0.29, 0.717) is 30.4 Å². The van der Waals surface area contributed by atoms with E-state index in [2.05, 4.69) is 75.9 Å². The molecule has 2 amide bonds. The molecule has 382 valence electrons. The fraction of sp³-hybridized carbons (Fsp3) is 0.377. The second kappa shape index (κ2) is 22.0. The number of fused-ring (bicyclic) bond motifs is 4. The van der Waals surface area contributed by atoms with Gasteiger partial charge in [0.05, 0.1) is 31.3 Å². The van der Waals surface area contributed by atoms with E-state index in [1.165, 1.54) is 27.8 Å². The molecule has 0 fully saturated rings. The van der Waals surface area contributed by atoms with Crippen LogP contribution in [-0.2, 0) is 61.0 Å². The summed E-state index contributed by atoms with van der Waals surface area (Å²) in [5.41, 5.74) is 30.5. The number of nitrogens with two attached hydrogens (primary N) is 2. The standard InChI is InChI=1S/C31H37N3O3.C30H35N3O3/c1-18-11-23(35)12-19(2)24(18)17-27(32)31(36)34-29-9-10-33-28-8-7-20(15-26(28)29)13-21-14-22-5-4-6-30(37-3)25(22)16-21;1-17-10-22(34)11-18(2)23(17)16-26(31)30(36)33-28-8-9-32-27-7-6-19(14-25(27)28)12-20-13-21-4-3-5-29(35)24(21)15-20/h4-8,11-12,15,21,27,29,33,35H,9-10,13-14,16-17,32H2,1-3H3,(H,34,36);3-7,10-11,14,20,26,28,32,34-35H,8-9,12-13,15-16,31H2,1-2H3,(H,33,36)/t21?,27-,29+;20?,26-,28+/m00/s1. The van der Waals surface area contributed by atoms with Crippen LogP contribution in [0.3, 0.4) is 0 Å². The van der Waals surface area contributed by atoms with Gasteiger partial charge in [0.2, 0.25) is 11.8 Å². The number of methoxy groups -OCH3 is 1. The molecular weight excluding hydrogens is 913 g/mol. The van der Waals surface area contributed by atoms with E-state index in [1.54, 1.807) is 37.4 Å². The minimum Gasteiger partial charge on any atom is -0.508 e. The van der Waals surface area contributed by atoms with E-state index >= 15 is 0 Å². The smallest absolute Gasteiger partial charge is 0.237 e. The molecule has 6 aromatic rings. The molecule has 2 aliphatic heterocycles. The molecule has 2 unspecified atom stereocenters. The lowest BCUT2D eigenvalue weighted by Gasteiger charge is -2.29. The fourth-order valence-corrected chi connectivity index (χ4v) is 12.0. The van der Waals surface area contributed by atoms with E-state index in [0.717, 1.165) is 132 Å². The van der Waals surface area contributed by atoms with Crippen molar-refractivity contribution < 1.29 is 29.6 Å². The Morgan fingerprint density at radius 3 is 1.49 bits per heavy atom. The summed E-state index contributed by atoms with van der Waals surface area (Å²) in [5.74, 6) is 2.56. The third-order valence-electron chi connectivity index (χ3n) is 15.7. The van der Waals surface area contributed by atoms with Crippen molar-refractivity contribution in [1.82, 2.24) is 10.6 Å². The lowest BCUT2D eigenvalue weighted by atomic mass is 9.91. The van der Waals surface area contributed by atoms with Gasteiger partial charge < -0.3 is 52.8 Å². The summed E-state index contributed by atoms with van der Waals surface area (Å²) in [6, 6.07) is 30.6. The molecule has 0 spiro atoms. The van der Waals surface area contributed by atoms with Crippen molar-refractivity contribution >= 4 is 23.2 Å². The summed E-state index contributed by atoms with van der Waals surface area (Å²) < 4.78 is 5.59. The molecule has 6 atom stereocenters. The van der Waals surface area contributed by atoms with Gasteiger partial charge in [0.1, 0.15) is 23.0 Å². The monoisotopic (exact) mass is 985 g/mol. The maximum Gasteiger partial charge on any atom is 0.237 e. The van der Waals surface area contributed by atoms with Crippen molar-refractivity contribution in [2.75, 3.05) is 30.8 Å². The van der Waals surface area contributed by atoms with E-state index in [4.69, 9.17) is 16.2 Å². The van der Waals surface area contributed by atoms with Crippen molar-refractivity contribution in [2.45, 2.75) is 116 Å². The normalized spacial score (nSPS) is 19.1. The first-order chi connectivity index (χ1) is 35.1. The highest BCUT2D eigenvalue weighted by atomic mass is 16.5. The number of phenols is 3. The topological polar surface area (TPSA) is 204 Å². The van der Waals surface area contributed by atoms with Crippen molar-refractivity contribution in [3.05, 3.63) is 175 Å². The molecule has 11 N–H and O–H groups in total. The molecule has 0 aromatic heterocycles. The minimum absolute atomic E-state index is 0.0716. The Morgan fingerprint density at radius 1 is 0.603 bits per heavy atom. The van der Waals surface area contributed by atoms with Gasteiger partial charge >= 0.3 is 0 Å². The zero-order valence-electron chi connectivity index (χ0n) is 42.9. The predicted molar refractivity (Wildman–Crippen MR) is 290 cm³/mol. The Morgan fingerprint density at radius 2 is 1.04 bits per heavy atom. The maximum absolute atomic E-state index is 13.1. The van der Waals surface area contributed by atoms with Gasteiger partial charge in [-0.3, -0.25) is 9.59 Å². The highest BCUT2D eigenvalue weighted by Gasteiger charge is 2.30. The third kappa shape index (κ3) is 11.6. The van der Waals surface area contributed by atoms with Crippen molar-refractivity contribution in [3.8, 4) is 23.0 Å². The zero-order chi connectivity index (χ0) is 51.5. The number of carbonyl (C=O) groups is 2. The van der Waals surface area contributed by atoms with Gasteiger partial charge in [0, 0.05) is 24.5 Å². The van der Waals surface area contributed by atoms with Crippen molar-refractivity contribution in [3.63, 3.8) is 0 Å². The Bertz CT molecular complexity index is 2980. The zero-order valence-corrected chi connectivity index (χ0v) is 42.9. The molecule has 0 bridgehead atoms. The number of rotatable bonds is 13. The number of anilines is 2. The first kappa shape index (κ1) is 50.9. The van der Waals surface area contributed by atoms with Crippen LogP contribution in [0.25, 0.3) is 0 Å². The molecule has 2 aliphatic carbocycles. The number of carbonyl (C=O) groups excluding carboxylic acids is 2. The quantitative estimate of drug-likeness (QED) is 0.0539. The molecule has 2 heterocycles. The van der Waals surface area contributed by atoms with E-state index in [-0.39, 0.29) is 35.4 Å². The molecule has 73 heavy (non-hydrogen) atoms. The Balaban J connectivity index is 0.000000180. The number of amides is 2. The molecular formula is C61H72N6O6. The van der Waals surface area contributed by atoms with Crippen molar-refractivity contribution in [2.24, 2.45) is 23.3 Å². The van der Waals surface area contributed by atoms with Crippen LogP contribution in [0, 0.1) is 39.5 Å². The number of phenolic OH excluding ortho intramolecular Hbond substituents is 3. The average molecular weight is 985 g/mol. The Kier molecular flexibility index (Phi) is 15.3. The largest absolute Gasteiger partial charge is 0.508 e. The number of benzene rings is 6. The predicted octanol–water partition coefficient (Wildman–Crippen LogP) is 8.73. The summed E-state index contributed by atoms with van der Waals surface area (Å²) in [6.07, 6.45) is 8.36. The molecule has 12 heteroatoms. The van der Waals surface area contributed by atoms with E-state index in [9.17, 15) is 24.9 Å². The highest BCUT2D eigenvalue weighted by Crippen LogP contribution is 2.39. The maximum atomic E-state index is 13.1. The molecule has 6 aromatic carbocycles. The van der Waals surface area contributed by atoms with Crippen LogP contribution in [0.1, 0.15) is 103 Å². The summed E-state index contributed by atoms with van der Waals surface area (Å²) in [7, 11) is 1.74. The first-order valence-corrected chi connectivity index (χ1v) is 26.0. The van der Waals surface area contributed by atoms with Crippen LogP contribution >= 0.6 is 0 Å². The van der Waals surface area contributed by atoms with Gasteiger partial charge in [-0.05, 0) is 230 Å². The summed E-state index contributed by atoms with van der Waals surface area (Å²) in [4.78, 5) is 26.3. The summed E-state index contributed by atoms with van der Waals surface area (Å²) in [6.45, 7) is 9.34. The molecule has 12 nitrogen and oxygen atoms in total. The average Bonchev–Trinajstić information content (AvgIpc) is 3.98. The van der Waals surface area contributed by atoms with Gasteiger partial charge in [0.15, 0.2) is 0 Å². The lowest BCUT2D eigenvalue weighted by Crippen LogP contribution is -2.44. The van der Waals surface area contributed by atoms with Crippen molar-refractivity contribution in [1.29, 1.82) is 0 Å². The van der Waals surface area contributed by atoms with Crippen LogP contribution in [0.5, 0.6) is 23.0 Å². The Hall–Kier alpha value is -7.02. The number of ether oxygens (including phenoxy) is 1. The van der Waals surface area contributed by atoms with E-state index < -0.39 is 12.1 Å². The minimum atomic E-state index is -0.668. The number of hydrogen-bond donors (Lipinski definition) is 9.